The molecule has 5 N–H and O–H groups in total. The van der Waals surface area contributed by atoms with Crippen molar-refractivity contribution in [3.05, 3.63) is 58.4 Å². The number of aromatic nitrogens is 1. The van der Waals surface area contributed by atoms with Crippen LogP contribution in [-0.4, -0.2) is 60.8 Å². The average molecular weight is 607 g/mol. The number of carbonyl (C=O) groups excluding carboxylic acids is 1. The van der Waals surface area contributed by atoms with E-state index in [0.29, 0.717) is 5.69 Å². The molecule has 8 nitrogen and oxygen atoms in total. The SMILES string of the molecule is CN(C)c1ccc(-n2c(=O)c(C(=O)C(F)(F)F)c(O)c3cc(N(C)C)ccc32)cc1.O.O.[Eu]. The fraction of sp³-hybridized carbons (Fsp3) is 0.238. The molecule has 0 fully saturated rings. The van der Waals surface area contributed by atoms with Gasteiger partial charge in [-0.1, -0.05) is 0 Å². The predicted octanol–water partition coefficient (Wildman–Crippen LogP) is 1.92. The summed E-state index contributed by atoms with van der Waals surface area (Å²) in [5.74, 6) is -3.37. The zero-order valence-electron chi connectivity index (χ0n) is 18.2. The van der Waals surface area contributed by atoms with Gasteiger partial charge in [-0.25, -0.2) is 0 Å². The molecule has 1 aromatic heterocycles. The zero-order chi connectivity index (χ0) is 22.4. The van der Waals surface area contributed by atoms with Gasteiger partial charge in [0.1, 0.15) is 11.3 Å². The van der Waals surface area contributed by atoms with Gasteiger partial charge in [-0.3, -0.25) is 14.2 Å². The molecular weight excluding hydrogens is 583 g/mol. The van der Waals surface area contributed by atoms with Gasteiger partial charge in [0.05, 0.1) is 5.52 Å². The molecule has 12 heteroatoms. The third-order valence-corrected chi connectivity index (χ3v) is 4.76. The van der Waals surface area contributed by atoms with E-state index in [9.17, 15) is 27.9 Å². The largest absolute Gasteiger partial charge is 0.506 e. The van der Waals surface area contributed by atoms with E-state index in [1.807, 2.05) is 19.0 Å². The fourth-order valence-corrected chi connectivity index (χ4v) is 3.15. The van der Waals surface area contributed by atoms with Gasteiger partial charge in [-0.2, -0.15) is 13.2 Å². The molecule has 0 aliphatic rings. The van der Waals surface area contributed by atoms with Crippen molar-refractivity contribution < 1.29 is 83.4 Å². The Bertz CT molecular complexity index is 1190. The molecule has 3 rings (SSSR count). The summed E-state index contributed by atoms with van der Waals surface area (Å²) in [6.07, 6.45) is -5.31. The Balaban J connectivity index is 0.00000341. The normalized spacial score (nSPS) is 10.5. The predicted molar refractivity (Wildman–Crippen MR) is 117 cm³/mol. The maximum Gasteiger partial charge on any atom is 0.455 e. The number of rotatable bonds is 4. The maximum atomic E-state index is 13.2. The Morgan fingerprint density at radius 3 is 1.85 bits per heavy atom. The number of fused-ring (bicyclic) bond motifs is 1. The number of nitrogens with zero attached hydrogens (tertiary/aromatic N) is 3. The van der Waals surface area contributed by atoms with Gasteiger partial charge in [0.25, 0.3) is 11.3 Å². The van der Waals surface area contributed by atoms with Gasteiger partial charge >= 0.3 is 6.18 Å². The smallest absolute Gasteiger partial charge is 0.455 e. The van der Waals surface area contributed by atoms with Crippen molar-refractivity contribution in [1.82, 2.24) is 4.57 Å². The van der Waals surface area contributed by atoms with Crippen molar-refractivity contribution in [3.8, 4) is 11.4 Å². The number of pyridine rings is 1. The van der Waals surface area contributed by atoms with Crippen LogP contribution >= 0.6 is 0 Å². The molecule has 0 saturated heterocycles. The first-order chi connectivity index (χ1) is 13.9. The van der Waals surface area contributed by atoms with Crippen LogP contribution < -0.4 is 15.4 Å². The summed E-state index contributed by atoms with van der Waals surface area (Å²) in [6.45, 7) is 0. The fourth-order valence-electron chi connectivity index (χ4n) is 3.15. The van der Waals surface area contributed by atoms with Gasteiger partial charge in [-0.15, -0.1) is 0 Å². The molecule has 181 valence electrons. The second kappa shape index (κ2) is 11.4. The minimum atomic E-state index is -5.31. The summed E-state index contributed by atoms with van der Waals surface area (Å²) in [6, 6.07) is 11.1. The molecular formula is C21H24EuF3N3O5. The van der Waals surface area contributed by atoms with E-state index in [2.05, 4.69) is 0 Å². The van der Waals surface area contributed by atoms with E-state index in [0.717, 1.165) is 10.3 Å². The molecule has 0 atom stereocenters. The number of Topliss-reactive ketones (excluding diaryl/α,β-unsaturated/α-hetero) is 1. The molecule has 33 heavy (non-hydrogen) atoms. The van der Waals surface area contributed by atoms with E-state index in [1.165, 1.54) is 12.1 Å². The number of hydrogen-bond donors (Lipinski definition) is 1. The summed E-state index contributed by atoms with van der Waals surface area (Å²) in [5.41, 5.74) is -0.697. The number of carbonyl (C=O) groups is 1. The molecule has 3 aromatic rings. The minimum absolute atomic E-state index is 0. The van der Waals surface area contributed by atoms with Crippen molar-refractivity contribution in [2.24, 2.45) is 0 Å². The Labute approximate surface area is 228 Å². The molecule has 2 aromatic carbocycles. The van der Waals surface area contributed by atoms with Crippen molar-refractivity contribution in [3.63, 3.8) is 0 Å². The molecule has 0 unspecified atom stereocenters. The first-order valence-electron chi connectivity index (χ1n) is 8.92. The number of aromatic hydroxyl groups is 1. The monoisotopic (exact) mass is 608 g/mol. The van der Waals surface area contributed by atoms with E-state index in [4.69, 9.17) is 0 Å². The maximum absolute atomic E-state index is 13.2. The zero-order valence-corrected chi connectivity index (χ0v) is 20.6. The number of ketones is 1. The summed E-state index contributed by atoms with van der Waals surface area (Å²) < 4.78 is 40.5. The van der Waals surface area contributed by atoms with E-state index >= 15 is 0 Å². The molecule has 1 heterocycles. The van der Waals surface area contributed by atoms with Crippen LogP contribution in [0.5, 0.6) is 5.75 Å². The summed E-state index contributed by atoms with van der Waals surface area (Å²) >= 11 is 0. The van der Waals surface area contributed by atoms with Crippen molar-refractivity contribution >= 4 is 28.1 Å². The molecule has 0 saturated carbocycles. The number of halogens is 3. The third-order valence-electron chi connectivity index (χ3n) is 4.76. The quantitative estimate of drug-likeness (QED) is 0.454. The van der Waals surface area contributed by atoms with E-state index in [-0.39, 0.29) is 76.9 Å². The molecule has 1 radical (unpaired) electrons. The molecule has 0 aliphatic heterocycles. The summed E-state index contributed by atoms with van der Waals surface area (Å²) in [5, 5.41) is 10.5. The van der Waals surface area contributed by atoms with E-state index < -0.39 is 28.8 Å². The number of benzene rings is 2. The Morgan fingerprint density at radius 1 is 0.909 bits per heavy atom. The minimum Gasteiger partial charge on any atom is -0.506 e. The van der Waals surface area contributed by atoms with Crippen LogP contribution in [0.1, 0.15) is 10.4 Å². The Morgan fingerprint density at radius 2 is 1.39 bits per heavy atom. The van der Waals surface area contributed by atoms with Crippen LogP contribution in [0.25, 0.3) is 16.6 Å². The first kappa shape index (κ1) is 31.0. The van der Waals surface area contributed by atoms with Crippen LogP contribution in [-0.2, 0) is 0 Å². The summed E-state index contributed by atoms with van der Waals surface area (Å²) in [4.78, 5) is 28.5. The average Bonchev–Trinajstić information content (AvgIpc) is 2.67. The Kier molecular flexibility index (Phi) is 10.7. The number of anilines is 2. The second-order valence-corrected chi connectivity index (χ2v) is 7.20. The molecule has 0 spiro atoms. The van der Waals surface area contributed by atoms with Gasteiger partial charge in [0.2, 0.25) is 0 Å². The van der Waals surface area contributed by atoms with Crippen molar-refractivity contribution in [1.29, 1.82) is 0 Å². The van der Waals surface area contributed by atoms with Crippen molar-refractivity contribution in [2.75, 3.05) is 38.0 Å². The van der Waals surface area contributed by atoms with Gasteiger partial charge < -0.3 is 25.9 Å². The van der Waals surface area contributed by atoms with Crippen LogP contribution in [0.3, 0.4) is 0 Å². The molecule has 0 aliphatic carbocycles. The number of alkyl halides is 3. The van der Waals surface area contributed by atoms with Crippen LogP contribution in [0, 0.1) is 49.4 Å². The topological polar surface area (TPSA) is 129 Å². The molecule has 0 amide bonds. The van der Waals surface area contributed by atoms with Crippen LogP contribution in [0.2, 0.25) is 0 Å². The van der Waals surface area contributed by atoms with E-state index in [1.54, 1.807) is 49.3 Å². The second-order valence-electron chi connectivity index (χ2n) is 7.20. The standard InChI is InChI=1S/C21H20F3N3O3.Eu.2H2O/c1-25(2)12-5-7-13(8-6-12)27-16-10-9-14(26(3)4)11-15(16)18(28)17(20(27)30)19(29)21(22,23)24;;;/h5-11,28H,1-4H3;;2*1H2. The van der Waals surface area contributed by atoms with Crippen molar-refractivity contribution in [2.45, 2.75) is 6.18 Å². The van der Waals surface area contributed by atoms with Gasteiger partial charge in [-0.05, 0) is 42.5 Å². The molecule has 0 bridgehead atoms. The van der Waals surface area contributed by atoms with Crippen LogP contribution in [0.15, 0.2) is 47.3 Å². The first-order valence-corrected chi connectivity index (χ1v) is 8.92. The van der Waals surface area contributed by atoms with Crippen LogP contribution in [0.4, 0.5) is 24.5 Å². The summed E-state index contributed by atoms with van der Waals surface area (Å²) in [7, 11) is 7.08. The third kappa shape index (κ3) is 5.93. The van der Waals surface area contributed by atoms with Gasteiger partial charge in [0.15, 0.2) is 0 Å². The Hall–Kier alpha value is -1.99. The van der Waals surface area contributed by atoms with Gasteiger partial charge in [0, 0.05) is 100 Å². The number of hydrogen-bond acceptors (Lipinski definition) is 5.